The van der Waals surface area contributed by atoms with Crippen LogP contribution in [0.2, 0.25) is 0 Å². The van der Waals surface area contributed by atoms with E-state index < -0.39 is 0 Å². The first-order chi connectivity index (χ1) is 9.29. The SMILES string of the molecule is CNC(CCc1nccn1C)CCC1CCCCC1. The number of imidazole rings is 1. The average Bonchev–Trinajstić information content (AvgIpc) is 2.86. The average molecular weight is 263 g/mol. The maximum atomic E-state index is 4.41. The Labute approximate surface area is 117 Å². The van der Waals surface area contributed by atoms with Crippen molar-refractivity contribution in [1.29, 1.82) is 0 Å². The van der Waals surface area contributed by atoms with E-state index in [4.69, 9.17) is 0 Å². The molecule has 1 fully saturated rings. The van der Waals surface area contributed by atoms with Crippen molar-refractivity contribution in [1.82, 2.24) is 14.9 Å². The zero-order chi connectivity index (χ0) is 13.5. The van der Waals surface area contributed by atoms with Gasteiger partial charge in [0.15, 0.2) is 0 Å². The summed E-state index contributed by atoms with van der Waals surface area (Å²) >= 11 is 0. The van der Waals surface area contributed by atoms with E-state index in [-0.39, 0.29) is 0 Å². The highest BCUT2D eigenvalue weighted by atomic mass is 15.0. The Morgan fingerprint density at radius 1 is 1.32 bits per heavy atom. The van der Waals surface area contributed by atoms with Gasteiger partial charge in [-0.3, -0.25) is 0 Å². The summed E-state index contributed by atoms with van der Waals surface area (Å²) in [5, 5.41) is 3.49. The Hall–Kier alpha value is -0.830. The van der Waals surface area contributed by atoms with Crippen molar-refractivity contribution < 1.29 is 0 Å². The Bertz CT molecular complexity index is 353. The predicted octanol–water partition coefficient (Wildman–Crippen LogP) is 3.30. The molecule has 1 saturated carbocycles. The monoisotopic (exact) mass is 263 g/mol. The molecule has 3 nitrogen and oxygen atoms in total. The zero-order valence-electron chi connectivity index (χ0n) is 12.6. The smallest absolute Gasteiger partial charge is 0.108 e. The topological polar surface area (TPSA) is 29.9 Å². The van der Waals surface area contributed by atoms with Crippen molar-refractivity contribution >= 4 is 0 Å². The standard InChI is InChI=1S/C16H29N3/c1-17-15(9-8-14-6-4-3-5-7-14)10-11-16-18-12-13-19(16)2/h12-15,17H,3-11H2,1-2H3. The minimum atomic E-state index is 0.652. The largest absolute Gasteiger partial charge is 0.338 e. The number of rotatable bonds is 7. The summed E-state index contributed by atoms with van der Waals surface area (Å²) in [4.78, 5) is 4.41. The number of hydrogen-bond donors (Lipinski definition) is 1. The van der Waals surface area contributed by atoms with Crippen LogP contribution in [0.5, 0.6) is 0 Å². The fraction of sp³-hybridized carbons (Fsp3) is 0.812. The Morgan fingerprint density at radius 2 is 2.11 bits per heavy atom. The van der Waals surface area contributed by atoms with Crippen LogP contribution in [0.4, 0.5) is 0 Å². The van der Waals surface area contributed by atoms with Crippen molar-refractivity contribution in [2.45, 2.75) is 63.8 Å². The van der Waals surface area contributed by atoms with Crippen LogP contribution in [0.3, 0.4) is 0 Å². The molecule has 1 aliphatic rings. The third-order valence-corrected chi connectivity index (χ3v) is 4.69. The van der Waals surface area contributed by atoms with Crippen LogP contribution < -0.4 is 5.32 Å². The van der Waals surface area contributed by atoms with E-state index in [2.05, 4.69) is 29.0 Å². The molecule has 1 N–H and O–H groups in total. The van der Waals surface area contributed by atoms with Gasteiger partial charge in [0.05, 0.1) is 0 Å². The molecule has 1 atom stereocenters. The van der Waals surface area contributed by atoms with Gasteiger partial charge in [0.1, 0.15) is 5.82 Å². The molecule has 1 heterocycles. The second-order valence-electron chi connectivity index (χ2n) is 6.06. The quantitative estimate of drug-likeness (QED) is 0.818. The summed E-state index contributed by atoms with van der Waals surface area (Å²) in [5.41, 5.74) is 0. The second kappa shape index (κ2) is 7.68. The summed E-state index contributed by atoms with van der Waals surface area (Å²) in [6.07, 6.45) is 16.3. The third-order valence-electron chi connectivity index (χ3n) is 4.69. The van der Waals surface area contributed by atoms with Crippen molar-refractivity contribution in [2.75, 3.05) is 7.05 Å². The lowest BCUT2D eigenvalue weighted by atomic mass is 9.85. The molecule has 19 heavy (non-hydrogen) atoms. The number of nitrogens with one attached hydrogen (secondary N) is 1. The van der Waals surface area contributed by atoms with E-state index in [1.54, 1.807) is 0 Å². The molecular formula is C16H29N3. The highest BCUT2D eigenvalue weighted by Crippen LogP contribution is 2.28. The molecule has 0 amide bonds. The van der Waals surface area contributed by atoms with Crippen LogP contribution in [0.15, 0.2) is 12.4 Å². The lowest BCUT2D eigenvalue weighted by Gasteiger charge is -2.24. The van der Waals surface area contributed by atoms with Gasteiger partial charge in [-0.05, 0) is 32.2 Å². The van der Waals surface area contributed by atoms with E-state index in [0.717, 1.165) is 12.3 Å². The summed E-state index contributed by atoms with van der Waals surface area (Å²) in [6, 6.07) is 0.652. The Balaban J connectivity index is 1.69. The van der Waals surface area contributed by atoms with Gasteiger partial charge in [0, 0.05) is 31.9 Å². The van der Waals surface area contributed by atoms with Gasteiger partial charge < -0.3 is 9.88 Å². The number of nitrogens with zero attached hydrogens (tertiary/aromatic N) is 2. The van der Waals surface area contributed by atoms with Gasteiger partial charge in [0.2, 0.25) is 0 Å². The predicted molar refractivity (Wildman–Crippen MR) is 80.2 cm³/mol. The molecule has 2 rings (SSSR count). The third kappa shape index (κ3) is 4.64. The van der Waals surface area contributed by atoms with Crippen LogP contribution in [0.25, 0.3) is 0 Å². The number of aromatic nitrogens is 2. The minimum Gasteiger partial charge on any atom is -0.338 e. The summed E-state index contributed by atoms with van der Waals surface area (Å²) in [7, 11) is 4.18. The maximum absolute atomic E-state index is 4.41. The van der Waals surface area contributed by atoms with Gasteiger partial charge in [0.25, 0.3) is 0 Å². The van der Waals surface area contributed by atoms with Crippen LogP contribution in [0.1, 0.15) is 57.2 Å². The molecule has 1 aromatic rings. The maximum Gasteiger partial charge on any atom is 0.108 e. The molecule has 3 heteroatoms. The molecule has 0 radical (unpaired) electrons. The fourth-order valence-electron chi connectivity index (χ4n) is 3.29. The molecule has 108 valence electrons. The normalized spacial score (nSPS) is 18.6. The first-order valence-corrected chi connectivity index (χ1v) is 7.93. The lowest BCUT2D eigenvalue weighted by molar-refractivity contribution is 0.312. The molecular weight excluding hydrogens is 234 g/mol. The van der Waals surface area contributed by atoms with E-state index in [1.807, 2.05) is 12.4 Å². The molecule has 1 aliphatic carbocycles. The fourth-order valence-corrected chi connectivity index (χ4v) is 3.29. The molecule has 0 bridgehead atoms. The molecule has 0 aliphatic heterocycles. The minimum absolute atomic E-state index is 0.652. The van der Waals surface area contributed by atoms with Crippen molar-refractivity contribution in [3.05, 3.63) is 18.2 Å². The molecule has 0 spiro atoms. The molecule has 0 aromatic carbocycles. The van der Waals surface area contributed by atoms with Gasteiger partial charge >= 0.3 is 0 Å². The van der Waals surface area contributed by atoms with E-state index in [0.29, 0.717) is 6.04 Å². The van der Waals surface area contributed by atoms with E-state index in [1.165, 1.54) is 57.2 Å². The van der Waals surface area contributed by atoms with Crippen LogP contribution in [0, 0.1) is 5.92 Å². The zero-order valence-corrected chi connectivity index (χ0v) is 12.6. The second-order valence-corrected chi connectivity index (χ2v) is 6.06. The number of aryl methyl sites for hydroxylation is 2. The summed E-state index contributed by atoms with van der Waals surface area (Å²) < 4.78 is 2.13. The molecule has 0 saturated heterocycles. The Morgan fingerprint density at radius 3 is 2.74 bits per heavy atom. The first-order valence-electron chi connectivity index (χ1n) is 7.93. The van der Waals surface area contributed by atoms with Crippen LogP contribution >= 0.6 is 0 Å². The molecule has 1 unspecified atom stereocenters. The highest BCUT2D eigenvalue weighted by Gasteiger charge is 2.16. The van der Waals surface area contributed by atoms with Crippen LogP contribution in [-0.4, -0.2) is 22.6 Å². The van der Waals surface area contributed by atoms with Gasteiger partial charge in [-0.1, -0.05) is 32.1 Å². The Kier molecular flexibility index (Phi) is 5.90. The molecule has 1 aromatic heterocycles. The van der Waals surface area contributed by atoms with E-state index >= 15 is 0 Å². The first kappa shape index (κ1) is 14.6. The van der Waals surface area contributed by atoms with E-state index in [9.17, 15) is 0 Å². The van der Waals surface area contributed by atoms with Gasteiger partial charge in [-0.15, -0.1) is 0 Å². The van der Waals surface area contributed by atoms with Crippen LogP contribution in [-0.2, 0) is 13.5 Å². The number of hydrogen-bond acceptors (Lipinski definition) is 2. The van der Waals surface area contributed by atoms with Crippen molar-refractivity contribution in [3.63, 3.8) is 0 Å². The van der Waals surface area contributed by atoms with Gasteiger partial charge in [-0.2, -0.15) is 0 Å². The van der Waals surface area contributed by atoms with Crippen molar-refractivity contribution in [3.8, 4) is 0 Å². The summed E-state index contributed by atoms with van der Waals surface area (Å²) in [5.74, 6) is 2.20. The van der Waals surface area contributed by atoms with Gasteiger partial charge in [-0.25, -0.2) is 4.98 Å². The van der Waals surface area contributed by atoms with Crippen molar-refractivity contribution in [2.24, 2.45) is 13.0 Å². The summed E-state index contributed by atoms with van der Waals surface area (Å²) in [6.45, 7) is 0. The highest BCUT2D eigenvalue weighted by molar-refractivity contribution is 4.92. The lowest BCUT2D eigenvalue weighted by Crippen LogP contribution is -2.27.